The molecule has 2 aliphatic rings. The summed E-state index contributed by atoms with van der Waals surface area (Å²) in [6.07, 6.45) is 4.89. The van der Waals surface area contributed by atoms with Crippen molar-refractivity contribution in [3.8, 4) is 33.4 Å². The molecule has 0 spiro atoms. The molecule has 1 aliphatic heterocycles. The zero-order chi connectivity index (χ0) is 41.5. The van der Waals surface area contributed by atoms with E-state index in [0.717, 1.165) is 0 Å². The zero-order valence-electron chi connectivity index (χ0n) is 35.9. The second-order valence-corrected chi connectivity index (χ2v) is 18.9. The first-order valence-electron chi connectivity index (χ1n) is 22.5. The lowest BCUT2D eigenvalue weighted by molar-refractivity contribution is 0.195. The van der Waals surface area contributed by atoms with Gasteiger partial charge >= 0.3 is 0 Å². The van der Waals surface area contributed by atoms with Crippen molar-refractivity contribution in [1.82, 2.24) is 0 Å². The minimum atomic E-state index is -0.0134. The zero-order valence-corrected chi connectivity index (χ0v) is 35.9. The van der Waals surface area contributed by atoms with Gasteiger partial charge < -0.3 is 9.80 Å². The maximum absolute atomic E-state index is 2.70. The molecule has 62 heavy (non-hydrogen) atoms. The summed E-state index contributed by atoms with van der Waals surface area (Å²) < 4.78 is 0. The van der Waals surface area contributed by atoms with Crippen molar-refractivity contribution in [2.75, 3.05) is 23.9 Å². The predicted octanol–water partition coefficient (Wildman–Crippen LogP) is 16.3. The fraction of sp³-hybridized carbons (Fsp3) is 0.167. The number of rotatable bonds is 5. The Hall–Kier alpha value is -6.90. The molecule has 0 N–H and O–H groups in total. The summed E-state index contributed by atoms with van der Waals surface area (Å²) in [5.74, 6) is 0. The highest BCUT2D eigenvalue weighted by Crippen LogP contribution is 2.62. The van der Waals surface area contributed by atoms with Gasteiger partial charge in [0.05, 0.1) is 5.54 Å². The van der Waals surface area contributed by atoms with Crippen LogP contribution in [0.5, 0.6) is 0 Å². The minimum Gasteiger partial charge on any atom is -0.378 e. The molecule has 1 heterocycles. The molecule has 2 heteroatoms. The van der Waals surface area contributed by atoms with Crippen molar-refractivity contribution in [2.24, 2.45) is 0 Å². The lowest BCUT2D eigenvalue weighted by atomic mass is 9.61. The summed E-state index contributed by atoms with van der Waals surface area (Å²) >= 11 is 0. The summed E-state index contributed by atoms with van der Waals surface area (Å²) in [4.78, 5) is 4.89. The predicted molar refractivity (Wildman–Crippen MR) is 267 cm³/mol. The maximum atomic E-state index is 2.70. The van der Waals surface area contributed by atoms with E-state index < -0.39 is 0 Å². The van der Waals surface area contributed by atoms with Crippen LogP contribution in [0.15, 0.2) is 170 Å². The van der Waals surface area contributed by atoms with Gasteiger partial charge in [-0.3, -0.25) is 0 Å². The van der Waals surface area contributed by atoms with E-state index in [2.05, 4.69) is 208 Å². The lowest BCUT2D eigenvalue weighted by Gasteiger charge is -2.50. The molecule has 2 atom stereocenters. The highest BCUT2D eigenvalue weighted by molar-refractivity contribution is 6.46. The second-order valence-electron chi connectivity index (χ2n) is 18.9. The van der Waals surface area contributed by atoms with Crippen LogP contribution in [0.1, 0.15) is 45.1 Å². The molecule has 298 valence electrons. The van der Waals surface area contributed by atoms with Crippen LogP contribution < -0.4 is 9.80 Å². The lowest BCUT2D eigenvalue weighted by Crippen LogP contribution is -2.54. The third-order valence-corrected chi connectivity index (χ3v) is 15.7. The quantitative estimate of drug-likeness (QED) is 0.171. The highest BCUT2D eigenvalue weighted by Gasteiger charge is 2.57. The first-order chi connectivity index (χ1) is 30.4. The van der Waals surface area contributed by atoms with E-state index >= 15 is 0 Å². The van der Waals surface area contributed by atoms with Gasteiger partial charge in [0.25, 0.3) is 0 Å². The summed E-state index contributed by atoms with van der Waals surface area (Å²) in [5.41, 5.74) is 13.2. The van der Waals surface area contributed by atoms with Crippen LogP contribution in [0.3, 0.4) is 0 Å². The van der Waals surface area contributed by atoms with Gasteiger partial charge in [0.2, 0.25) is 0 Å². The van der Waals surface area contributed by atoms with Gasteiger partial charge in [0.1, 0.15) is 0 Å². The van der Waals surface area contributed by atoms with Crippen molar-refractivity contribution in [3.05, 3.63) is 175 Å². The average Bonchev–Trinajstić information content (AvgIpc) is 3.89. The standard InChI is InChI=1S/C60H48N2/c1-59-34-11-12-35-60(59,2)62(42-29-27-41(28-30-42)61(3)4)50-33-26-40(36-49(50)59)43-31-32-48-54-44(43)22-15-25-47(54)57-52(38-16-7-5-8-17-38)55-45-23-13-20-37-21-14-24-46(51(37)45)56(55)53(58(48)57)39-18-9-6-10-19-39/h5-10,13-33,36H,11-12,34-35H2,1-4H3. The smallest absolute Gasteiger partial charge is 0.0517 e. The summed E-state index contributed by atoms with van der Waals surface area (Å²) in [7, 11) is 4.24. The van der Waals surface area contributed by atoms with Crippen molar-refractivity contribution in [3.63, 3.8) is 0 Å². The van der Waals surface area contributed by atoms with E-state index in [9.17, 15) is 0 Å². The Kier molecular flexibility index (Phi) is 7.40. The van der Waals surface area contributed by atoms with Gasteiger partial charge in [0, 0.05) is 36.6 Å². The molecule has 11 aromatic rings. The Labute approximate surface area is 363 Å². The summed E-state index contributed by atoms with van der Waals surface area (Å²) in [6, 6.07) is 64.8. The van der Waals surface area contributed by atoms with Crippen LogP contribution in [0.4, 0.5) is 17.1 Å². The number of nitrogens with zero attached hydrogens (tertiary/aromatic N) is 2. The molecule has 0 aromatic heterocycles. The van der Waals surface area contributed by atoms with Gasteiger partial charge in [-0.1, -0.05) is 153 Å². The number of hydrogen-bond acceptors (Lipinski definition) is 2. The van der Waals surface area contributed by atoms with Gasteiger partial charge in [0.15, 0.2) is 0 Å². The van der Waals surface area contributed by atoms with Crippen LogP contribution in [0.25, 0.3) is 98.0 Å². The van der Waals surface area contributed by atoms with Crippen LogP contribution >= 0.6 is 0 Å². The molecule has 0 amide bonds. The van der Waals surface area contributed by atoms with Crippen molar-refractivity contribution < 1.29 is 0 Å². The Morgan fingerprint density at radius 2 is 1.00 bits per heavy atom. The van der Waals surface area contributed by atoms with Crippen molar-refractivity contribution >= 4 is 81.7 Å². The van der Waals surface area contributed by atoms with Crippen LogP contribution in [0, 0.1) is 0 Å². The third kappa shape index (κ3) is 4.60. The third-order valence-electron chi connectivity index (χ3n) is 15.7. The Balaban J connectivity index is 1.12. The van der Waals surface area contributed by atoms with Crippen LogP contribution in [-0.4, -0.2) is 19.6 Å². The van der Waals surface area contributed by atoms with E-state index in [1.54, 1.807) is 0 Å². The molecule has 1 aliphatic carbocycles. The molecular weight excluding hydrogens is 749 g/mol. The molecular formula is C60H48N2. The van der Waals surface area contributed by atoms with Gasteiger partial charge in [-0.25, -0.2) is 0 Å². The molecule has 2 nitrogen and oxygen atoms in total. The molecule has 0 radical (unpaired) electrons. The Morgan fingerprint density at radius 3 is 1.61 bits per heavy atom. The fourth-order valence-corrected chi connectivity index (χ4v) is 12.7. The van der Waals surface area contributed by atoms with E-state index in [4.69, 9.17) is 0 Å². The van der Waals surface area contributed by atoms with Gasteiger partial charge in [-0.2, -0.15) is 0 Å². The molecule has 2 unspecified atom stereocenters. The SMILES string of the molecule is CN(C)c1ccc(N2c3ccc(-c4ccc5c6c(-c7ccccc7)c7c8cccc9cccc(c7c(-c7ccccc7)c6c6cccc4c65)c98)cc3C3(C)CCCCC23C)cc1. The topological polar surface area (TPSA) is 6.48 Å². The largest absolute Gasteiger partial charge is 0.378 e. The van der Waals surface area contributed by atoms with Crippen LogP contribution in [-0.2, 0) is 5.41 Å². The van der Waals surface area contributed by atoms with E-state index in [-0.39, 0.29) is 11.0 Å². The molecule has 1 saturated carbocycles. The van der Waals surface area contributed by atoms with E-state index in [1.807, 2.05) is 0 Å². The fourth-order valence-electron chi connectivity index (χ4n) is 12.7. The Morgan fingerprint density at radius 1 is 0.452 bits per heavy atom. The molecule has 1 fully saturated rings. The minimum absolute atomic E-state index is 0.0134. The van der Waals surface area contributed by atoms with Gasteiger partial charge in [-0.05, 0) is 160 Å². The monoisotopic (exact) mass is 796 g/mol. The summed E-state index contributed by atoms with van der Waals surface area (Å²) in [5, 5.41) is 16.1. The van der Waals surface area contributed by atoms with Crippen molar-refractivity contribution in [1.29, 1.82) is 0 Å². The first-order valence-corrected chi connectivity index (χ1v) is 22.5. The summed E-state index contributed by atoms with van der Waals surface area (Å²) in [6.45, 7) is 5.09. The second kappa shape index (κ2) is 12.8. The van der Waals surface area contributed by atoms with E-state index in [1.165, 1.54) is 146 Å². The average molecular weight is 797 g/mol. The van der Waals surface area contributed by atoms with Gasteiger partial charge in [-0.15, -0.1) is 0 Å². The first kappa shape index (κ1) is 35.8. The highest BCUT2D eigenvalue weighted by atomic mass is 15.3. The van der Waals surface area contributed by atoms with Crippen LogP contribution in [0.2, 0.25) is 0 Å². The molecule has 11 aromatic carbocycles. The molecule has 0 bridgehead atoms. The number of fused-ring (bicyclic) bond motifs is 9. The molecule has 13 rings (SSSR count). The number of benzene rings is 9. The van der Waals surface area contributed by atoms with Crippen molar-refractivity contribution in [2.45, 2.75) is 50.5 Å². The maximum Gasteiger partial charge on any atom is 0.0517 e. The molecule has 0 saturated heterocycles. The Bertz CT molecular complexity index is 3440. The number of anilines is 3. The van der Waals surface area contributed by atoms with E-state index in [0.29, 0.717) is 0 Å². The normalized spacial score (nSPS) is 18.8. The number of hydrogen-bond donors (Lipinski definition) is 0.